The minimum Gasteiger partial charge on any atom is -0.440 e. The standard InChI is InChI=1S/C19H18ClN3O3/c1-11-9-15-17(19(24)23(11)7-8-25-2)16(14(10-21)18(22)26-15)12-3-5-13(20)6-4-12/h3-6,9,16H,7-8,22H2,1-2H3/t16-/m1/s1. The molecule has 0 bridgehead atoms. The van der Waals surface area contributed by atoms with Gasteiger partial charge in [0.2, 0.25) is 5.88 Å². The fraction of sp³-hybridized carbons (Fsp3) is 0.263. The van der Waals surface area contributed by atoms with E-state index < -0.39 is 5.92 Å². The maximum atomic E-state index is 13.2. The third-order valence-corrected chi connectivity index (χ3v) is 4.66. The molecule has 0 saturated heterocycles. The minimum atomic E-state index is -0.608. The molecule has 1 aliphatic rings. The van der Waals surface area contributed by atoms with Crippen LogP contribution in [0.2, 0.25) is 5.02 Å². The Balaban J connectivity index is 2.25. The number of ether oxygens (including phenoxy) is 2. The van der Waals surface area contributed by atoms with Gasteiger partial charge in [0.15, 0.2) is 0 Å². The van der Waals surface area contributed by atoms with Gasteiger partial charge in [-0.15, -0.1) is 0 Å². The number of halogens is 1. The zero-order valence-corrected chi connectivity index (χ0v) is 15.2. The summed E-state index contributed by atoms with van der Waals surface area (Å²) in [6.45, 7) is 2.62. The fourth-order valence-corrected chi connectivity index (χ4v) is 3.26. The highest BCUT2D eigenvalue weighted by molar-refractivity contribution is 6.30. The Hall–Kier alpha value is -2.75. The lowest BCUT2D eigenvalue weighted by Gasteiger charge is -2.27. The van der Waals surface area contributed by atoms with E-state index in [0.717, 1.165) is 11.3 Å². The number of methoxy groups -OCH3 is 1. The molecule has 0 spiro atoms. The second-order valence-corrected chi connectivity index (χ2v) is 6.43. The SMILES string of the molecule is COCCn1c(C)cc2c(c1=O)[C@H](c1ccc(Cl)cc1)C(C#N)=C(N)O2. The zero-order valence-electron chi connectivity index (χ0n) is 14.5. The van der Waals surface area contributed by atoms with Gasteiger partial charge in [-0.05, 0) is 24.6 Å². The monoisotopic (exact) mass is 371 g/mol. The molecule has 0 aliphatic carbocycles. The number of allylic oxidation sites excluding steroid dienone is 1. The fourth-order valence-electron chi connectivity index (χ4n) is 3.14. The van der Waals surface area contributed by atoms with Crippen molar-refractivity contribution < 1.29 is 9.47 Å². The summed E-state index contributed by atoms with van der Waals surface area (Å²) in [4.78, 5) is 13.2. The van der Waals surface area contributed by atoms with E-state index in [9.17, 15) is 10.1 Å². The molecule has 2 N–H and O–H groups in total. The Morgan fingerprint density at radius 2 is 2.08 bits per heavy atom. The third-order valence-electron chi connectivity index (χ3n) is 4.41. The van der Waals surface area contributed by atoms with E-state index in [4.69, 9.17) is 26.8 Å². The number of nitrogens with zero attached hydrogens (tertiary/aromatic N) is 2. The van der Waals surface area contributed by atoms with Gasteiger partial charge in [-0.3, -0.25) is 4.79 Å². The number of rotatable bonds is 4. The van der Waals surface area contributed by atoms with Gasteiger partial charge in [0.05, 0.1) is 18.1 Å². The Bertz CT molecular complexity index is 971. The molecule has 1 aliphatic heterocycles. The highest BCUT2D eigenvalue weighted by Crippen LogP contribution is 2.40. The van der Waals surface area contributed by atoms with Crippen LogP contribution >= 0.6 is 11.6 Å². The van der Waals surface area contributed by atoms with Crippen molar-refractivity contribution in [2.45, 2.75) is 19.4 Å². The quantitative estimate of drug-likeness (QED) is 0.892. The molecule has 0 radical (unpaired) electrons. The van der Waals surface area contributed by atoms with Gasteiger partial charge in [-0.1, -0.05) is 23.7 Å². The van der Waals surface area contributed by atoms with Gasteiger partial charge < -0.3 is 19.8 Å². The van der Waals surface area contributed by atoms with Crippen molar-refractivity contribution in [2.75, 3.05) is 13.7 Å². The third kappa shape index (κ3) is 3.07. The number of pyridine rings is 1. The molecule has 2 aromatic rings. The van der Waals surface area contributed by atoms with Gasteiger partial charge in [0.1, 0.15) is 17.4 Å². The van der Waals surface area contributed by atoms with Crippen LogP contribution in [0.1, 0.15) is 22.7 Å². The molecule has 1 atom stereocenters. The molecular weight excluding hydrogens is 354 g/mol. The highest BCUT2D eigenvalue weighted by atomic mass is 35.5. The van der Waals surface area contributed by atoms with Crippen molar-refractivity contribution >= 4 is 11.6 Å². The summed E-state index contributed by atoms with van der Waals surface area (Å²) >= 11 is 5.98. The highest BCUT2D eigenvalue weighted by Gasteiger charge is 2.34. The van der Waals surface area contributed by atoms with Crippen LogP contribution in [0, 0.1) is 18.3 Å². The van der Waals surface area contributed by atoms with E-state index in [1.54, 1.807) is 42.0 Å². The van der Waals surface area contributed by atoms with Crippen LogP contribution in [0.3, 0.4) is 0 Å². The Kier molecular flexibility index (Phi) is 5.03. The van der Waals surface area contributed by atoms with Crippen LogP contribution < -0.4 is 16.0 Å². The number of hydrogen-bond acceptors (Lipinski definition) is 5. The number of hydrogen-bond donors (Lipinski definition) is 1. The smallest absolute Gasteiger partial charge is 0.258 e. The number of nitriles is 1. The largest absolute Gasteiger partial charge is 0.440 e. The predicted octanol–water partition coefficient (Wildman–Crippen LogP) is 2.67. The lowest BCUT2D eigenvalue weighted by atomic mass is 9.84. The molecule has 7 heteroatoms. The van der Waals surface area contributed by atoms with E-state index in [0.29, 0.717) is 29.5 Å². The summed E-state index contributed by atoms with van der Waals surface area (Å²) < 4.78 is 12.3. The van der Waals surface area contributed by atoms with Crippen LogP contribution in [0.5, 0.6) is 5.75 Å². The topological polar surface area (TPSA) is 90.3 Å². The molecule has 1 aromatic heterocycles. The first-order valence-electron chi connectivity index (χ1n) is 8.04. The predicted molar refractivity (Wildman–Crippen MR) is 98.1 cm³/mol. The average molecular weight is 372 g/mol. The van der Waals surface area contributed by atoms with Crippen LogP contribution in [-0.4, -0.2) is 18.3 Å². The van der Waals surface area contributed by atoms with E-state index in [1.807, 2.05) is 6.92 Å². The number of aryl methyl sites for hydroxylation is 1. The molecule has 3 rings (SSSR count). The minimum absolute atomic E-state index is 0.00777. The lowest BCUT2D eigenvalue weighted by Crippen LogP contribution is -2.33. The number of benzene rings is 1. The van der Waals surface area contributed by atoms with Crippen molar-refractivity contribution in [3.8, 4) is 11.8 Å². The summed E-state index contributed by atoms with van der Waals surface area (Å²) in [5.74, 6) is -0.228. The molecule has 0 amide bonds. The van der Waals surface area contributed by atoms with Gasteiger partial charge in [-0.25, -0.2) is 0 Å². The summed E-state index contributed by atoms with van der Waals surface area (Å²) in [6.07, 6.45) is 0. The average Bonchev–Trinajstić information content (AvgIpc) is 2.61. The molecule has 0 unspecified atom stereocenters. The van der Waals surface area contributed by atoms with E-state index in [-0.39, 0.29) is 17.0 Å². The van der Waals surface area contributed by atoms with Crippen molar-refractivity contribution in [1.29, 1.82) is 5.26 Å². The molecule has 6 nitrogen and oxygen atoms in total. The number of aromatic nitrogens is 1. The molecule has 134 valence electrons. The van der Waals surface area contributed by atoms with Gasteiger partial charge in [0, 0.05) is 30.4 Å². The van der Waals surface area contributed by atoms with E-state index >= 15 is 0 Å². The number of nitrogens with two attached hydrogens (primary N) is 1. The van der Waals surface area contributed by atoms with E-state index in [2.05, 4.69) is 6.07 Å². The first-order valence-corrected chi connectivity index (χ1v) is 8.42. The second-order valence-electron chi connectivity index (χ2n) is 5.99. The van der Waals surface area contributed by atoms with Gasteiger partial charge in [-0.2, -0.15) is 5.26 Å². The molecule has 2 heterocycles. The number of fused-ring (bicyclic) bond motifs is 1. The van der Waals surface area contributed by atoms with E-state index in [1.165, 1.54) is 0 Å². The lowest BCUT2D eigenvalue weighted by molar-refractivity contribution is 0.185. The molecule has 26 heavy (non-hydrogen) atoms. The second kappa shape index (κ2) is 7.24. The summed E-state index contributed by atoms with van der Waals surface area (Å²) in [6, 6.07) is 10.8. The van der Waals surface area contributed by atoms with Crippen LogP contribution in [0.25, 0.3) is 0 Å². The van der Waals surface area contributed by atoms with Crippen molar-refractivity contribution in [1.82, 2.24) is 4.57 Å². The molecule has 1 aromatic carbocycles. The Labute approximate surface area is 156 Å². The van der Waals surface area contributed by atoms with Crippen LogP contribution in [0.15, 0.2) is 46.6 Å². The van der Waals surface area contributed by atoms with Crippen LogP contribution in [0.4, 0.5) is 0 Å². The first kappa shape index (κ1) is 18.1. The maximum absolute atomic E-state index is 13.2. The molecule has 0 fully saturated rings. The van der Waals surface area contributed by atoms with Crippen molar-refractivity contribution in [3.05, 3.63) is 74.0 Å². The normalized spacial score (nSPS) is 16.0. The maximum Gasteiger partial charge on any atom is 0.258 e. The van der Waals surface area contributed by atoms with Crippen LogP contribution in [-0.2, 0) is 11.3 Å². The Morgan fingerprint density at radius 3 is 2.69 bits per heavy atom. The summed E-state index contributed by atoms with van der Waals surface area (Å²) in [5, 5.41) is 10.2. The molecular formula is C19H18ClN3O3. The van der Waals surface area contributed by atoms with Gasteiger partial charge in [0.25, 0.3) is 5.56 Å². The van der Waals surface area contributed by atoms with Crippen molar-refractivity contribution in [3.63, 3.8) is 0 Å². The first-order chi connectivity index (χ1) is 12.5. The zero-order chi connectivity index (χ0) is 18.8. The van der Waals surface area contributed by atoms with Crippen molar-refractivity contribution in [2.24, 2.45) is 5.73 Å². The van der Waals surface area contributed by atoms with Gasteiger partial charge >= 0.3 is 0 Å². The molecule has 0 saturated carbocycles. The summed E-state index contributed by atoms with van der Waals surface area (Å²) in [7, 11) is 1.58. The Morgan fingerprint density at radius 1 is 1.38 bits per heavy atom. The summed E-state index contributed by atoms with van der Waals surface area (Å²) in [5.41, 5.74) is 7.81.